The number of hydrogen-bond acceptors (Lipinski definition) is 4. The van der Waals surface area contributed by atoms with Crippen LogP contribution >= 0.6 is 23.2 Å². The van der Waals surface area contributed by atoms with Crippen molar-refractivity contribution in [3.8, 4) is 11.4 Å². The Hall–Kier alpha value is -3.15. The predicted octanol–water partition coefficient (Wildman–Crippen LogP) is 5.89. The lowest BCUT2D eigenvalue weighted by atomic mass is 10.2. The van der Waals surface area contributed by atoms with E-state index in [0.717, 1.165) is 16.5 Å². The molecular weight excluding hydrogens is 417 g/mol. The molecule has 5 rings (SSSR count). The summed E-state index contributed by atoms with van der Waals surface area (Å²) < 4.78 is 1.96. The molecule has 5 aromatic rings. The highest BCUT2D eigenvalue weighted by Gasteiger charge is 2.20. The number of benzene rings is 3. The molecule has 0 fully saturated rings. The van der Waals surface area contributed by atoms with Crippen molar-refractivity contribution in [1.82, 2.24) is 19.6 Å². The molecule has 2 aromatic heterocycles. The standard InChI is InChI=1S/C23H17Cl2N5/c1-29(14-15-7-3-2-4-8-15)23-26-20-13-16(24)11-12-18(20)22-28-27-21(30(22)23)17-9-5-6-10-19(17)25/h2-13H,14H2,1H3. The Morgan fingerprint density at radius 3 is 2.47 bits per heavy atom. The van der Waals surface area contributed by atoms with Gasteiger partial charge in [0, 0.05) is 29.6 Å². The second-order valence-electron chi connectivity index (χ2n) is 7.08. The summed E-state index contributed by atoms with van der Waals surface area (Å²) in [6, 6.07) is 23.5. The number of nitrogens with zero attached hydrogens (tertiary/aromatic N) is 5. The monoisotopic (exact) mass is 433 g/mol. The molecule has 3 aromatic carbocycles. The number of hydrogen-bond donors (Lipinski definition) is 0. The summed E-state index contributed by atoms with van der Waals surface area (Å²) in [7, 11) is 2.00. The zero-order valence-electron chi connectivity index (χ0n) is 16.1. The summed E-state index contributed by atoms with van der Waals surface area (Å²) in [5.41, 5.74) is 3.45. The molecular formula is C23H17Cl2N5. The van der Waals surface area contributed by atoms with Crippen LogP contribution in [0.4, 0.5) is 5.95 Å². The maximum absolute atomic E-state index is 6.48. The second-order valence-corrected chi connectivity index (χ2v) is 7.92. The Bertz CT molecular complexity index is 1360. The van der Waals surface area contributed by atoms with Gasteiger partial charge in [-0.2, -0.15) is 0 Å². The fourth-order valence-corrected chi connectivity index (χ4v) is 3.98. The summed E-state index contributed by atoms with van der Waals surface area (Å²) in [5, 5.41) is 11.1. The third-order valence-electron chi connectivity index (χ3n) is 5.00. The molecule has 30 heavy (non-hydrogen) atoms. The van der Waals surface area contributed by atoms with Gasteiger partial charge in [0.25, 0.3) is 0 Å². The molecule has 0 amide bonds. The van der Waals surface area contributed by atoms with E-state index in [2.05, 4.69) is 27.2 Å². The third kappa shape index (κ3) is 3.26. The second kappa shape index (κ2) is 7.59. The zero-order chi connectivity index (χ0) is 20.7. The molecule has 0 radical (unpaired) electrons. The lowest BCUT2D eigenvalue weighted by Gasteiger charge is -2.21. The van der Waals surface area contributed by atoms with E-state index < -0.39 is 0 Å². The van der Waals surface area contributed by atoms with Crippen LogP contribution in [0.2, 0.25) is 10.0 Å². The SMILES string of the molecule is CN(Cc1ccccc1)c1nc2cc(Cl)ccc2c2nnc(-c3ccccc3Cl)n12. The lowest BCUT2D eigenvalue weighted by Crippen LogP contribution is -2.21. The van der Waals surface area contributed by atoms with Gasteiger partial charge in [-0.1, -0.05) is 65.7 Å². The van der Waals surface area contributed by atoms with Crippen LogP contribution in [0.25, 0.3) is 27.9 Å². The van der Waals surface area contributed by atoms with Crippen molar-refractivity contribution in [3.63, 3.8) is 0 Å². The Balaban J connectivity index is 1.78. The van der Waals surface area contributed by atoms with Crippen LogP contribution in [0.3, 0.4) is 0 Å². The molecule has 5 nitrogen and oxygen atoms in total. The molecule has 0 aliphatic rings. The van der Waals surface area contributed by atoms with Crippen molar-refractivity contribution >= 4 is 45.7 Å². The van der Waals surface area contributed by atoms with E-state index in [9.17, 15) is 0 Å². The summed E-state index contributed by atoms with van der Waals surface area (Å²) in [4.78, 5) is 7.01. The highest BCUT2D eigenvalue weighted by molar-refractivity contribution is 6.33. The molecule has 2 heterocycles. The average Bonchev–Trinajstić information content (AvgIpc) is 3.19. The van der Waals surface area contributed by atoms with Crippen molar-refractivity contribution in [3.05, 3.63) is 88.4 Å². The summed E-state index contributed by atoms with van der Waals surface area (Å²) in [6.45, 7) is 0.676. The number of aromatic nitrogens is 4. The molecule has 0 saturated carbocycles. The van der Waals surface area contributed by atoms with E-state index in [1.807, 2.05) is 72.1 Å². The molecule has 7 heteroatoms. The fourth-order valence-electron chi connectivity index (χ4n) is 3.59. The van der Waals surface area contributed by atoms with Crippen LogP contribution in [-0.2, 0) is 6.54 Å². The average molecular weight is 434 g/mol. The summed E-state index contributed by atoms with van der Waals surface area (Å²) in [5.74, 6) is 1.36. The van der Waals surface area contributed by atoms with Crippen molar-refractivity contribution in [1.29, 1.82) is 0 Å². The third-order valence-corrected chi connectivity index (χ3v) is 5.57. The summed E-state index contributed by atoms with van der Waals surface area (Å²) in [6.07, 6.45) is 0. The van der Waals surface area contributed by atoms with E-state index in [1.54, 1.807) is 0 Å². The van der Waals surface area contributed by atoms with Gasteiger partial charge in [-0.05, 0) is 35.9 Å². The minimum Gasteiger partial charge on any atom is -0.341 e. The largest absolute Gasteiger partial charge is 0.341 e. The molecule has 0 N–H and O–H groups in total. The molecule has 0 saturated heterocycles. The van der Waals surface area contributed by atoms with Gasteiger partial charge >= 0.3 is 0 Å². The highest BCUT2D eigenvalue weighted by Crippen LogP contribution is 2.32. The normalized spacial score (nSPS) is 11.3. The first-order valence-corrected chi connectivity index (χ1v) is 10.2. The quantitative estimate of drug-likeness (QED) is 0.354. The minimum absolute atomic E-state index is 0.611. The highest BCUT2D eigenvalue weighted by atomic mass is 35.5. The molecule has 0 unspecified atom stereocenters. The molecule has 0 atom stereocenters. The number of rotatable bonds is 4. The van der Waals surface area contributed by atoms with Crippen LogP contribution < -0.4 is 4.90 Å². The van der Waals surface area contributed by atoms with Gasteiger partial charge in [0.1, 0.15) is 0 Å². The Labute approximate surface area is 183 Å². The maximum Gasteiger partial charge on any atom is 0.213 e. The first kappa shape index (κ1) is 18.9. The van der Waals surface area contributed by atoms with E-state index in [4.69, 9.17) is 28.2 Å². The topological polar surface area (TPSA) is 46.3 Å². The van der Waals surface area contributed by atoms with Crippen LogP contribution in [0.5, 0.6) is 0 Å². The predicted molar refractivity (Wildman–Crippen MR) is 122 cm³/mol. The van der Waals surface area contributed by atoms with E-state index in [-0.39, 0.29) is 0 Å². The fraction of sp³-hybridized carbons (Fsp3) is 0.0870. The molecule has 0 bridgehead atoms. The maximum atomic E-state index is 6.48. The van der Waals surface area contributed by atoms with E-state index in [0.29, 0.717) is 34.0 Å². The van der Waals surface area contributed by atoms with Gasteiger partial charge < -0.3 is 4.90 Å². The number of halogens is 2. The van der Waals surface area contributed by atoms with Crippen molar-refractivity contribution < 1.29 is 0 Å². The summed E-state index contributed by atoms with van der Waals surface area (Å²) >= 11 is 12.7. The van der Waals surface area contributed by atoms with Crippen molar-refractivity contribution in [2.24, 2.45) is 0 Å². The van der Waals surface area contributed by atoms with Gasteiger partial charge in [0.2, 0.25) is 5.95 Å². The van der Waals surface area contributed by atoms with Gasteiger partial charge in [0.05, 0.1) is 10.5 Å². The van der Waals surface area contributed by atoms with Crippen LogP contribution in [-0.4, -0.2) is 26.6 Å². The van der Waals surface area contributed by atoms with Crippen molar-refractivity contribution in [2.75, 3.05) is 11.9 Å². The van der Waals surface area contributed by atoms with E-state index >= 15 is 0 Å². The van der Waals surface area contributed by atoms with Gasteiger partial charge in [-0.15, -0.1) is 10.2 Å². The number of anilines is 1. The number of fused-ring (bicyclic) bond motifs is 3. The van der Waals surface area contributed by atoms with Gasteiger partial charge in [-0.25, -0.2) is 9.38 Å². The zero-order valence-corrected chi connectivity index (χ0v) is 17.6. The van der Waals surface area contributed by atoms with Gasteiger partial charge in [-0.3, -0.25) is 0 Å². The van der Waals surface area contributed by atoms with E-state index in [1.165, 1.54) is 5.56 Å². The molecule has 0 spiro atoms. The Morgan fingerprint density at radius 2 is 1.67 bits per heavy atom. The Kier molecular flexibility index (Phi) is 4.77. The van der Waals surface area contributed by atoms with Crippen LogP contribution in [0, 0.1) is 0 Å². The van der Waals surface area contributed by atoms with Crippen molar-refractivity contribution in [2.45, 2.75) is 6.54 Å². The first-order valence-electron chi connectivity index (χ1n) is 9.46. The first-order chi connectivity index (χ1) is 14.6. The lowest BCUT2D eigenvalue weighted by molar-refractivity contribution is 0.857. The minimum atomic E-state index is 0.611. The van der Waals surface area contributed by atoms with Gasteiger partial charge in [0.15, 0.2) is 11.5 Å². The Morgan fingerprint density at radius 1 is 0.900 bits per heavy atom. The molecule has 0 aliphatic heterocycles. The molecule has 0 aliphatic carbocycles. The smallest absolute Gasteiger partial charge is 0.213 e. The van der Waals surface area contributed by atoms with Crippen LogP contribution in [0.15, 0.2) is 72.8 Å². The molecule has 148 valence electrons. The van der Waals surface area contributed by atoms with Crippen LogP contribution in [0.1, 0.15) is 5.56 Å².